The van der Waals surface area contributed by atoms with Crippen molar-refractivity contribution in [1.82, 2.24) is 15.3 Å². The van der Waals surface area contributed by atoms with E-state index in [1.54, 1.807) is 24.4 Å². The molecule has 4 aromatic rings. The minimum Gasteiger partial charge on any atom is -0.491 e. The summed E-state index contributed by atoms with van der Waals surface area (Å²) in [7, 11) is 0. The molecule has 3 N–H and O–H groups in total. The third-order valence-corrected chi connectivity index (χ3v) is 6.14. The van der Waals surface area contributed by atoms with Crippen molar-refractivity contribution < 1.29 is 9.13 Å². The van der Waals surface area contributed by atoms with Gasteiger partial charge in [0, 0.05) is 35.8 Å². The zero-order chi connectivity index (χ0) is 28.8. The van der Waals surface area contributed by atoms with E-state index in [0.29, 0.717) is 23.1 Å². The molecular weight excluding hydrogens is 546 g/mol. The van der Waals surface area contributed by atoms with Crippen LogP contribution in [0.4, 0.5) is 4.39 Å². The fraction of sp³-hybridized carbons (Fsp3) is 0.312. The number of fused-ring (bicyclic) bond motifs is 1. The average Bonchev–Trinajstić information content (AvgIpc) is 2.93. The van der Waals surface area contributed by atoms with Crippen molar-refractivity contribution in [1.29, 1.82) is 0 Å². The quantitative estimate of drug-likeness (QED) is 0.118. The first kappa shape index (κ1) is 34.7. The Balaban J connectivity index is 0.00000125. The summed E-state index contributed by atoms with van der Waals surface area (Å²) in [5, 5.41) is 5.28. The predicted octanol–water partition coefficient (Wildman–Crippen LogP) is 8.02. The third kappa shape index (κ3) is 9.67. The van der Waals surface area contributed by atoms with E-state index < -0.39 is 5.82 Å². The van der Waals surface area contributed by atoms with Crippen LogP contribution in [0.1, 0.15) is 45.0 Å². The zero-order valence-electron chi connectivity index (χ0n) is 22.8. The largest absolute Gasteiger partial charge is 0.491 e. The molecule has 0 atom stereocenters. The summed E-state index contributed by atoms with van der Waals surface area (Å²) in [5.74, 6) is 0.244. The normalized spacial score (nSPS) is 9.85. The number of nitrogens with one attached hydrogen (secondary N) is 1. The van der Waals surface area contributed by atoms with Gasteiger partial charge in [0.15, 0.2) is 0 Å². The van der Waals surface area contributed by atoms with Crippen LogP contribution < -0.4 is 15.8 Å². The molecule has 0 amide bonds. The number of ether oxygens (including phenoxy) is 1. The summed E-state index contributed by atoms with van der Waals surface area (Å²) in [6.07, 6.45) is 7.74. The van der Waals surface area contributed by atoms with Crippen molar-refractivity contribution in [3.63, 3.8) is 0 Å². The highest BCUT2D eigenvalue weighted by Crippen LogP contribution is 2.34. The van der Waals surface area contributed by atoms with Gasteiger partial charge in [-0.25, -0.2) is 9.37 Å². The molecule has 0 saturated heterocycles. The van der Waals surface area contributed by atoms with E-state index in [1.807, 2.05) is 52.0 Å². The van der Waals surface area contributed by atoms with Crippen molar-refractivity contribution in [2.45, 2.75) is 48.0 Å². The van der Waals surface area contributed by atoms with Crippen LogP contribution in [0.2, 0.25) is 10.0 Å². The smallest absolute Gasteiger partial charge is 0.148 e. The molecule has 214 valence electrons. The molecule has 2 aromatic carbocycles. The van der Waals surface area contributed by atoms with E-state index in [9.17, 15) is 4.39 Å². The molecule has 0 aliphatic heterocycles. The van der Waals surface area contributed by atoms with Gasteiger partial charge in [-0.05, 0) is 86.4 Å². The lowest BCUT2D eigenvalue weighted by molar-refractivity contribution is 0.338. The van der Waals surface area contributed by atoms with E-state index in [-0.39, 0.29) is 12.4 Å². The van der Waals surface area contributed by atoms with Crippen molar-refractivity contribution in [3.8, 4) is 29.5 Å². The highest BCUT2D eigenvalue weighted by molar-refractivity contribution is 6.35. The van der Waals surface area contributed by atoms with Gasteiger partial charge < -0.3 is 15.8 Å². The van der Waals surface area contributed by atoms with Crippen molar-refractivity contribution in [2.75, 3.05) is 19.7 Å². The Morgan fingerprint density at radius 3 is 2.42 bits per heavy atom. The highest BCUT2D eigenvalue weighted by Gasteiger charge is 2.15. The zero-order valence-corrected chi connectivity index (χ0v) is 24.3. The molecule has 4 rings (SSSR count). The van der Waals surface area contributed by atoms with Crippen molar-refractivity contribution in [2.24, 2.45) is 5.73 Å². The van der Waals surface area contributed by atoms with Crippen LogP contribution in [0.15, 0.2) is 54.7 Å². The molecule has 0 saturated carbocycles. The summed E-state index contributed by atoms with van der Waals surface area (Å²) in [6.45, 7) is 10.0. The highest BCUT2D eigenvalue weighted by atomic mass is 35.5. The lowest BCUT2D eigenvalue weighted by Crippen LogP contribution is -2.20. The number of aromatic nitrogens is 2. The molecule has 0 unspecified atom stereocenters. The molecule has 0 aliphatic carbocycles. The van der Waals surface area contributed by atoms with E-state index >= 15 is 0 Å². The fourth-order valence-electron chi connectivity index (χ4n) is 3.95. The van der Waals surface area contributed by atoms with Gasteiger partial charge in [-0.15, -0.1) is 0 Å². The van der Waals surface area contributed by atoms with E-state index in [0.717, 1.165) is 53.7 Å². The van der Waals surface area contributed by atoms with Crippen molar-refractivity contribution in [3.05, 3.63) is 87.4 Å². The molecule has 0 spiro atoms. The number of rotatable bonds is 9. The Morgan fingerprint density at radius 2 is 1.75 bits per heavy atom. The van der Waals surface area contributed by atoms with Gasteiger partial charge >= 0.3 is 0 Å². The second-order valence-corrected chi connectivity index (χ2v) is 9.05. The Hall–Kier alpha value is -3.37. The van der Waals surface area contributed by atoms with Gasteiger partial charge in [-0.3, -0.25) is 4.98 Å². The summed E-state index contributed by atoms with van der Waals surface area (Å²) in [4.78, 5) is 9.16. The second kappa shape index (κ2) is 18.1. The fourth-order valence-corrected chi connectivity index (χ4v) is 4.43. The number of hydrogen-bond donors (Lipinski definition) is 2. The molecule has 2 aromatic heterocycles. The van der Waals surface area contributed by atoms with Gasteiger partial charge in [0.1, 0.15) is 17.3 Å². The number of terminal acetylenes is 1. The standard InChI is InChI=1S/C27H26Cl2FN3O.C2H3N.C2H6.CH4/c1-3-34-27-17(2)13-21(33-26(27)20-6-7-24(30)22(28)16-20)9-12-31-11-8-18-14-19-5-4-10-32-25(19)23(29)15-18;1-2-3;1-2;/h4-7,10,13-16,31H,3,8-9,11-12H2,1-2H3;1H,3H2;1-2H3;1H4. The number of benzene rings is 2. The summed E-state index contributed by atoms with van der Waals surface area (Å²) < 4.78 is 19.5. The Bertz CT molecular complexity index is 1410. The van der Waals surface area contributed by atoms with Crippen LogP contribution >= 0.6 is 23.2 Å². The number of hydrogen-bond acceptors (Lipinski definition) is 5. The second-order valence-electron chi connectivity index (χ2n) is 8.24. The minimum absolute atomic E-state index is 0. The summed E-state index contributed by atoms with van der Waals surface area (Å²) in [6, 6.07) is 16.5. The van der Waals surface area contributed by atoms with Gasteiger partial charge in [0.25, 0.3) is 0 Å². The first-order chi connectivity index (χ1) is 18.9. The molecule has 0 radical (unpaired) electrons. The first-order valence-corrected chi connectivity index (χ1v) is 13.6. The number of nitrogens with zero attached hydrogens (tertiary/aromatic N) is 2. The minimum atomic E-state index is -0.454. The molecule has 8 heteroatoms. The van der Waals surface area contributed by atoms with Crippen molar-refractivity contribution >= 4 is 34.1 Å². The maximum atomic E-state index is 13.7. The maximum Gasteiger partial charge on any atom is 0.148 e. The average molecular weight is 586 g/mol. The van der Waals surface area contributed by atoms with Gasteiger partial charge in [0.2, 0.25) is 0 Å². The number of aryl methyl sites for hydroxylation is 1. The van der Waals surface area contributed by atoms with Gasteiger partial charge in [-0.1, -0.05) is 57.0 Å². The predicted molar refractivity (Wildman–Crippen MR) is 169 cm³/mol. The van der Waals surface area contributed by atoms with E-state index in [1.165, 1.54) is 11.6 Å². The Kier molecular flexibility index (Phi) is 15.7. The topological polar surface area (TPSA) is 73.1 Å². The number of pyridine rings is 2. The van der Waals surface area contributed by atoms with Crippen LogP contribution in [0, 0.1) is 25.2 Å². The molecule has 5 nitrogen and oxygen atoms in total. The first-order valence-electron chi connectivity index (χ1n) is 12.9. The Labute approximate surface area is 248 Å². The van der Waals surface area contributed by atoms with Gasteiger partial charge in [-0.2, -0.15) is 0 Å². The molecule has 0 aliphatic rings. The van der Waals surface area contributed by atoms with Gasteiger partial charge in [0.05, 0.1) is 22.2 Å². The Morgan fingerprint density at radius 1 is 1.05 bits per heavy atom. The number of halogens is 3. The lowest BCUT2D eigenvalue weighted by atomic mass is 10.1. The molecular formula is C32H39Cl2FN4O. The summed E-state index contributed by atoms with van der Waals surface area (Å²) in [5.41, 5.74) is 9.71. The molecule has 40 heavy (non-hydrogen) atoms. The summed E-state index contributed by atoms with van der Waals surface area (Å²) >= 11 is 12.4. The van der Waals surface area contributed by atoms with Crippen LogP contribution in [-0.4, -0.2) is 29.7 Å². The lowest BCUT2D eigenvalue weighted by Gasteiger charge is -2.15. The van der Waals surface area contributed by atoms with E-state index in [2.05, 4.69) is 28.5 Å². The third-order valence-electron chi connectivity index (χ3n) is 5.56. The molecule has 2 heterocycles. The monoisotopic (exact) mass is 584 g/mol. The number of nitrogens with two attached hydrogens (primary N) is 1. The van der Waals surface area contributed by atoms with Crippen LogP contribution in [-0.2, 0) is 12.8 Å². The van der Waals surface area contributed by atoms with Crippen LogP contribution in [0.5, 0.6) is 5.75 Å². The molecule has 0 bridgehead atoms. The van der Waals surface area contributed by atoms with E-state index in [4.69, 9.17) is 32.9 Å². The van der Waals surface area contributed by atoms with Crippen LogP contribution in [0.3, 0.4) is 0 Å². The molecule has 0 fully saturated rings. The van der Waals surface area contributed by atoms with Crippen LogP contribution in [0.25, 0.3) is 22.2 Å². The SMILES string of the molecule is C.C#CN.CC.CCOc1c(C)cc(CCNCCc2cc(Cl)c3ncccc3c2)nc1-c1ccc(F)c(Cl)c1. The maximum absolute atomic E-state index is 13.7.